The normalized spacial score (nSPS) is 17.7. The largest absolute Gasteiger partial charge is 0.395 e. The van der Waals surface area contributed by atoms with Gasteiger partial charge in [-0.3, -0.25) is 0 Å². The van der Waals surface area contributed by atoms with E-state index in [1.807, 2.05) is 18.2 Å². The Morgan fingerprint density at radius 1 is 1.37 bits per heavy atom. The molecule has 1 aliphatic carbocycles. The highest BCUT2D eigenvalue weighted by molar-refractivity contribution is 6.33. The summed E-state index contributed by atoms with van der Waals surface area (Å²) in [7, 11) is 0. The molecule has 106 valence electrons. The summed E-state index contributed by atoms with van der Waals surface area (Å²) >= 11 is 6.35. The van der Waals surface area contributed by atoms with Crippen LogP contribution in [0, 0.1) is 0 Å². The van der Waals surface area contributed by atoms with Crippen molar-refractivity contribution in [2.24, 2.45) is 0 Å². The minimum absolute atomic E-state index is 0.130. The van der Waals surface area contributed by atoms with E-state index in [1.165, 1.54) is 12.8 Å². The van der Waals surface area contributed by atoms with Crippen LogP contribution in [0.1, 0.15) is 44.3 Å². The van der Waals surface area contributed by atoms with Crippen LogP contribution in [0.4, 0.5) is 5.69 Å². The van der Waals surface area contributed by atoms with Gasteiger partial charge in [0, 0.05) is 12.6 Å². The molecule has 0 bridgehead atoms. The Morgan fingerprint density at radius 3 is 2.58 bits per heavy atom. The summed E-state index contributed by atoms with van der Waals surface area (Å²) in [6.07, 6.45) is 4.30. The zero-order valence-corrected chi connectivity index (χ0v) is 12.1. The van der Waals surface area contributed by atoms with E-state index in [4.69, 9.17) is 11.6 Å². The minimum atomic E-state index is -0.510. The van der Waals surface area contributed by atoms with Crippen LogP contribution in [0.5, 0.6) is 0 Å². The highest BCUT2D eigenvalue weighted by Crippen LogP contribution is 2.34. The number of aliphatic hydroxyl groups is 2. The second-order valence-corrected chi connectivity index (χ2v) is 5.65. The Balaban J connectivity index is 2.25. The van der Waals surface area contributed by atoms with Gasteiger partial charge in [0.2, 0.25) is 0 Å². The van der Waals surface area contributed by atoms with Crippen molar-refractivity contribution in [2.75, 3.05) is 18.1 Å². The molecule has 1 atom stereocenters. The quantitative estimate of drug-likeness (QED) is 0.872. The average Bonchev–Trinajstić information content (AvgIpc) is 2.90. The number of nitrogens with zero attached hydrogens (tertiary/aromatic N) is 1. The van der Waals surface area contributed by atoms with Crippen LogP contribution in [0.25, 0.3) is 0 Å². The van der Waals surface area contributed by atoms with Crippen molar-refractivity contribution in [3.63, 3.8) is 0 Å². The summed E-state index contributed by atoms with van der Waals surface area (Å²) in [4.78, 5) is 2.21. The second-order valence-electron chi connectivity index (χ2n) is 5.24. The van der Waals surface area contributed by atoms with E-state index in [1.54, 1.807) is 6.92 Å². The van der Waals surface area contributed by atoms with Crippen LogP contribution in [0.2, 0.25) is 5.02 Å². The predicted molar refractivity (Wildman–Crippen MR) is 78.8 cm³/mol. The monoisotopic (exact) mass is 283 g/mol. The van der Waals surface area contributed by atoms with Gasteiger partial charge in [-0.15, -0.1) is 0 Å². The maximum absolute atomic E-state index is 9.58. The van der Waals surface area contributed by atoms with Gasteiger partial charge < -0.3 is 15.1 Å². The van der Waals surface area contributed by atoms with E-state index in [0.29, 0.717) is 17.6 Å². The SMILES string of the molecule is C[C@H](O)c1ccc(N(CCO)C2CCCC2)c(Cl)c1. The van der Waals surface area contributed by atoms with Crippen LogP contribution in [-0.4, -0.2) is 29.4 Å². The van der Waals surface area contributed by atoms with Crippen LogP contribution in [0.3, 0.4) is 0 Å². The number of aliphatic hydroxyl groups excluding tert-OH is 2. The van der Waals surface area contributed by atoms with E-state index in [-0.39, 0.29) is 6.61 Å². The minimum Gasteiger partial charge on any atom is -0.395 e. The van der Waals surface area contributed by atoms with Crippen molar-refractivity contribution in [1.82, 2.24) is 0 Å². The number of benzene rings is 1. The zero-order valence-electron chi connectivity index (χ0n) is 11.3. The van der Waals surface area contributed by atoms with Crippen LogP contribution < -0.4 is 4.90 Å². The average molecular weight is 284 g/mol. The van der Waals surface area contributed by atoms with Crippen molar-refractivity contribution < 1.29 is 10.2 Å². The Morgan fingerprint density at radius 2 is 2.05 bits per heavy atom. The van der Waals surface area contributed by atoms with Gasteiger partial charge in [0.05, 0.1) is 23.4 Å². The van der Waals surface area contributed by atoms with E-state index in [0.717, 1.165) is 24.1 Å². The number of rotatable bonds is 5. The molecule has 1 aromatic carbocycles. The lowest BCUT2D eigenvalue weighted by atomic mass is 10.1. The van der Waals surface area contributed by atoms with E-state index in [2.05, 4.69) is 4.90 Å². The molecular formula is C15H22ClNO2. The smallest absolute Gasteiger partial charge is 0.0762 e. The Hall–Kier alpha value is -0.770. The lowest BCUT2D eigenvalue weighted by Crippen LogP contribution is -2.35. The maximum Gasteiger partial charge on any atom is 0.0762 e. The summed E-state index contributed by atoms with van der Waals surface area (Å²) in [6.45, 7) is 2.47. The topological polar surface area (TPSA) is 43.7 Å². The maximum atomic E-state index is 9.58. The predicted octanol–water partition coefficient (Wildman–Crippen LogP) is 3.13. The van der Waals surface area contributed by atoms with Gasteiger partial charge in [-0.05, 0) is 37.5 Å². The molecule has 0 spiro atoms. The Bertz CT molecular complexity index is 417. The van der Waals surface area contributed by atoms with Gasteiger partial charge in [-0.25, -0.2) is 0 Å². The van der Waals surface area contributed by atoms with Crippen molar-refractivity contribution in [2.45, 2.75) is 44.8 Å². The molecule has 0 aliphatic heterocycles. The van der Waals surface area contributed by atoms with E-state index >= 15 is 0 Å². The Kier molecular flexibility index (Phi) is 5.08. The molecule has 0 radical (unpaired) electrons. The third-order valence-corrected chi connectivity index (χ3v) is 4.17. The molecule has 1 fully saturated rings. The Labute approximate surface area is 119 Å². The fourth-order valence-electron chi connectivity index (χ4n) is 2.84. The molecule has 0 heterocycles. The fraction of sp³-hybridized carbons (Fsp3) is 0.600. The molecule has 19 heavy (non-hydrogen) atoms. The lowest BCUT2D eigenvalue weighted by molar-refractivity contribution is 0.199. The van der Waals surface area contributed by atoms with Gasteiger partial charge in [0.25, 0.3) is 0 Å². The van der Waals surface area contributed by atoms with Crippen LogP contribution in [-0.2, 0) is 0 Å². The third kappa shape index (κ3) is 3.41. The first kappa shape index (κ1) is 14.6. The second kappa shape index (κ2) is 6.60. The summed E-state index contributed by atoms with van der Waals surface area (Å²) in [5, 5.41) is 19.5. The summed E-state index contributed by atoms with van der Waals surface area (Å²) < 4.78 is 0. The molecule has 1 aliphatic rings. The van der Waals surface area contributed by atoms with Gasteiger partial charge in [0.15, 0.2) is 0 Å². The number of hydrogen-bond donors (Lipinski definition) is 2. The molecule has 3 nitrogen and oxygen atoms in total. The summed E-state index contributed by atoms with van der Waals surface area (Å²) in [5.74, 6) is 0. The van der Waals surface area contributed by atoms with E-state index in [9.17, 15) is 10.2 Å². The molecule has 1 saturated carbocycles. The number of anilines is 1. The van der Waals surface area contributed by atoms with Crippen LogP contribution >= 0.6 is 11.6 Å². The number of halogens is 1. The molecule has 2 rings (SSSR count). The molecule has 0 amide bonds. The van der Waals surface area contributed by atoms with Gasteiger partial charge >= 0.3 is 0 Å². The fourth-order valence-corrected chi connectivity index (χ4v) is 3.14. The summed E-state index contributed by atoms with van der Waals surface area (Å²) in [5.41, 5.74) is 1.79. The van der Waals surface area contributed by atoms with Crippen molar-refractivity contribution in [3.8, 4) is 0 Å². The molecule has 4 heteroatoms. The van der Waals surface area contributed by atoms with E-state index < -0.39 is 6.10 Å². The summed E-state index contributed by atoms with van der Waals surface area (Å²) in [6, 6.07) is 6.16. The molecule has 0 aromatic heterocycles. The van der Waals surface area contributed by atoms with Crippen molar-refractivity contribution in [1.29, 1.82) is 0 Å². The lowest BCUT2D eigenvalue weighted by Gasteiger charge is -2.31. The number of hydrogen-bond acceptors (Lipinski definition) is 3. The first-order chi connectivity index (χ1) is 9.13. The molecule has 1 aromatic rings. The first-order valence-electron chi connectivity index (χ1n) is 6.98. The van der Waals surface area contributed by atoms with Gasteiger partial charge in [-0.2, -0.15) is 0 Å². The molecule has 2 N–H and O–H groups in total. The van der Waals surface area contributed by atoms with Crippen molar-refractivity contribution in [3.05, 3.63) is 28.8 Å². The molecular weight excluding hydrogens is 262 g/mol. The first-order valence-corrected chi connectivity index (χ1v) is 7.36. The van der Waals surface area contributed by atoms with Crippen LogP contribution in [0.15, 0.2) is 18.2 Å². The zero-order chi connectivity index (χ0) is 13.8. The highest BCUT2D eigenvalue weighted by atomic mass is 35.5. The highest BCUT2D eigenvalue weighted by Gasteiger charge is 2.24. The van der Waals surface area contributed by atoms with Gasteiger partial charge in [0.1, 0.15) is 0 Å². The van der Waals surface area contributed by atoms with Crippen molar-refractivity contribution >= 4 is 17.3 Å². The third-order valence-electron chi connectivity index (χ3n) is 3.87. The molecule has 0 saturated heterocycles. The standard InChI is InChI=1S/C15H22ClNO2/c1-11(19)12-6-7-15(14(16)10-12)17(8-9-18)13-4-2-3-5-13/h6-7,10-11,13,18-19H,2-5,8-9H2,1H3/t11-/m0/s1. The van der Waals surface area contributed by atoms with Gasteiger partial charge in [-0.1, -0.05) is 30.5 Å². The molecule has 0 unspecified atom stereocenters.